The molecule has 2 N–H and O–H groups in total. The summed E-state index contributed by atoms with van der Waals surface area (Å²) in [5, 5.41) is 6.59. The molecule has 0 radical (unpaired) electrons. The van der Waals surface area contributed by atoms with Crippen LogP contribution in [0.3, 0.4) is 0 Å². The van der Waals surface area contributed by atoms with Gasteiger partial charge in [0.15, 0.2) is 5.96 Å². The molecule has 1 rings (SSSR count). The van der Waals surface area contributed by atoms with E-state index in [1.54, 1.807) is 19.0 Å². The topological polar surface area (TPSA) is 83.0 Å². The van der Waals surface area contributed by atoms with Crippen molar-refractivity contribution in [3.8, 4) is 0 Å². The first-order chi connectivity index (χ1) is 14.0. The van der Waals surface area contributed by atoms with Gasteiger partial charge in [0.1, 0.15) is 0 Å². The van der Waals surface area contributed by atoms with E-state index < -0.39 is 0 Å². The lowest BCUT2D eigenvalue weighted by atomic mass is 10.1. The predicted octanol–water partition coefficient (Wildman–Crippen LogP) is 3.58. The molecule has 7 nitrogen and oxygen atoms in total. The number of carbonyl (C=O) groups is 2. The quantitative estimate of drug-likeness (QED) is 0.141. The maximum atomic E-state index is 11.9. The third kappa shape index (κ3) is 12.0. The normalized spacial score (nSPS) is 10.7. The summed E-state index contributed by atoms with van der Waals surface area (Å²) in [5.41, 5.74) is 1.73. The number of hydrogen-bond acceptors (Lipinski definition) is 4. The Kier molecular flexibility index (Phi) is 15.9. The van der Waals surface area contributed by atoms with E-state index in [2.05, 4.69) is 15.6 Å². The highest BCUT2D eigenvalue weighted by molar-refractivity contribution is 14.0. The molecule has 0 bridgehead atoms. The molecule has 0 aromatic heterocycles. The average molecular weight is 532 g/mol. The van der Waals surface area contributed by atoms with Gasteiger partial charge in [-0.25, -0.2) is 4.99 Å². The number of hydrogen-bond donors (Lipinski definition) is 2. The number of amides is 1. The number of rotatable bonds is 12. The van der Waals surface area contributed by atoms with Crippen molar-refractivity contribution in [2.24, 2.45) is 4.99 Å². The van der Waals surface area contributed by atoms with Crippen molar-refractivity contribution in [2.75, 3.05) is 33.8 Å². The maximum Gasteiger partial charge on any atom is 0.305 e. The first-order valence-electron chi connectivity index (χ1n) is 10.5. The number of ether oxygens (including phenoxy) is 1. The van der Waals surface area contributed by atoms with Crippen LogP contribution < -0.4 is 10.6 Å². The number of nitrogens with zero attached hydrogens (tertiary/aromatic N) is 2. The Morgan fingerprint density at radius 1 is 1.00 bits per heavy atom. The molecule has 0 spiro atoms. The van der Waals surface area contributed by atoms with Crippen molar-refractivity contribution in [1.82, 2.24) is 15.5 Å². The van der Waals surface area contributed by atoms with Gasteiger partial charge in [-0.1, -0.05) is 25.0 Å². The van der Waals surface area contributed by atoms with Gasteiger partial charge < -0.3 is 20.3 Å². The average Bonchev–Trinajstić information content (AvgIpc) is 2.71. The van der Waals surface area contributed by atoms with Gasteiger partial charge in [0.2, 0.25) is 0 Å². The number of carbonyl (C=O) groups excluding carboxylic acids is 2. The van der Waals surface area contributed by atoms with E-state index in [4.69, 9.17) is 4.74 Å². The summed E-state index contributed by atoms with van der Waals surface area (Å²) >= 11 is 0. The minimum Gasteiger partial charge on any atom is -0.466 e. The van der Waals surface area contributed by atoms with Crippen molar-refractivity contribution in [3.05, 3.63) is 35.4 Å². The Labute approximate surface area is 198 Å². The first-order valence-corrected chi connectivity index (χ1v) is 10.5. The van der Waals surface area contributed by atoms with Crippen molar-refractivity contribution < 1.29 is 14.3 Å². The second kappa shape index (κ2) is 16.9. The van der Waals surface area contributed by atoms with Crippen LogP contribution >= 0.6 is 24.0 Å². The summed E-state index contributed by atoms with van der Waals surface area (Å²) in [7, 11) is 3.49. The molecule has 1 aromatic carbocycles. The summed E-state index contributed by atoms with van der Waals surface area (Å²) in [6.07, 6.45) is 4.48. The Morgan fingerprint density at radius 3 is 2.27 bits per heavy atom. The van der Waals surface area contributed by atoms with Crippen molar-refractivity contribution >= 4 is 41.8 Å². The Morgan fingerprint density at radius 2 is 1.67 bits per heavy atom. The summed E-state index contributed by atoms with van der Waals surface area (Å²) < 4.78 is 4.93. The second-order valence-corrected chi connectivity index (χ2v) is 6.99. The minimum atomic E-state index is -0.105. The number of aliphatic imine (C=N–C) groups is 1. The second-order valence-electron chi connectivity index (χ2n) is 6.99. The molecule has 1 aromatic rings. The summed E-state index contributed by atoms with van der Waals surface area (Å²) in [6, 6.07) is 7.55. The maximum absolute atomic E-state index is 11.9. The lowest BCUT2D eigenvalue weighted by Gasteiger charge is -2.12. The van der Waals surface area contributed by atoms with Crippen LogP contribution in [0.25, 0.3) is 0 Å². The fourth-order valence-corrected chi connectivity index (χ4v) is 2.71. The Bertz CT molecular complexity index is 648. The van der Waals surface area contributed by atoms with Gasteiger partial charge in [0, 0.05) is 39.2 Å². The number of nitrogens with one attached hydrogen (secondary N) is 2. The van der Waals surface area contributed by atoms with E-state index in [1.807, 2.05) is 38.1 Å². The Hall–Kier alpha value is -1.84. The molecule has 0 saturated heterocycles. The molecule has 0 heterocycles. The zero-order valence-electron chi connectivity index (χ0n) is 18.7. The van der Waals surface area contributed by atoms with E-state index in [1.165, 1.54) is 0 Å². The van der Waals surface area contributed by atoms with Crippen LogP contribution in [0.1, 0.15) is 61.9 Å². The van der Waals surface area contributed by atoms with Crippen LogP contribution in [0.2, 0.25) is 0 Å². The molecule has 0 atom stereocenters. The standard InChI is InChI=1S/C22H36N4O3.HI/c1-5-23-22(24-16-10-8-7-9-11-20(27)29-6-2)25-17-18-12-14-19(15-13-18)21(28)26(3)4;/h12-15H,5-11,16-17H2,1-4H3,(H2,23,24,25);1H. The van der Waals surface area contributed by atoms with Gasteiger partial charge in [-0.3, -0.25) is 9.59 Å². The third-order valence-corrected chi connectivity index (χ3v) is 4.28. The molecular formula is C22H37IN4O3. The number of unbranched alkanes of at least 4 members (excludes halogenated alkanes) is 3. The van der Waals surface area contributed by atoms with E-state index in [-0.39, 0.29) is 35.9 Å². The third-order valence-electron chi connectivity index (χ3n) is 4.28. The van der Waals surface area contributed by atoms with Crippen LogP contribution in [-0.4, -0.2) is 56.5 Å². The molecule has 170 valence electrons. The molecule has 30 heavy (non-hydrogen) atoms. The van der Waals surface area contributed by atoms with Crippen molar-refractivity contribution in [2.45, 2.75) is 52.5 Å². The fraction of sp³-hybridized carbons (Fsp3) is 0.591. The van der Waals surface area contributed by atoms with Gasteiger partial charge in [-0.15, -0.1) is 24.0 Å². The predicted molar refractivity (Wildman–Crippen MR) is 132 cm³/mol. The number of halogens is 1. The fourth-order valence-electron chi connectivity index (χ4n) is 2.71. The van der Waals surface area contributed by atoms with E-state index in [0.29, 0.717) is 25.1 Å². The smallest absolute Gasteiger partial charge is 0.305 e. The highest BCUT2D eigenvalue weighted by Gasteiger charge is 2.07. The molecular weight excluding hydrogens is 495 g/mol. The van der Waals surface area contributed by atoms with Gasteiger partial charge in [-0.05, 0) is 44.4 Å². The molecule has 0 fully saturated rings. The summed E-state index contributed by atoms with van der Waals surface area (Å²) in [6.45, 7) is 6.49. The Balaban J connectivity index is 0.00000841. The first kappa shape index (κ1) is 28.2. The number of benzene rings is 1. The van der Waals surface area contributed by atoms with E-state index in [9.17, 15) is 9.59 Å². The lowest BCUT2D eigenvalue weighted by molar-refractivity contribution is -0.143. The van der Waals surface area contributed by atoms with Crippen LogP contribution in [0.15, 0.2) is 29.3 Å². The molecule has 0 aliphatic rings. The zero-order chi connectivity index (χ0) is 21.5. The lowest BCUT2D eigenvalue weighted by Crippen LogP contribution is -2.37. The highest BCUT2D eigenvalue weighted by Crippen LogP contribution is 2.08. The van der Waals surface area contributed by atoms with E-state index in [0.717, 1.165) is 50.3 Å². The summed E-state index contributed by atoms with van der Waals surface area (Å²) in [4.78, 5) is 29.4. The van der Waals surface area contributed by atoms with Gasteiger partial charge in [0.25, 0.3) is 5.91 Å². The van der Waals surface area contributed by atoms with Crippen LogP contribution in [-0.2, 0) is 16.1 Å². The van der Waals surface area contributed by atoms with Gasteiger partial charge in [0.05, 0.1) is 13.2 Å². The number of esters is 1. The summed E-state index contributed by atoms with van der Waals surface area (Å²) in [5.74, 6) is 0.677. The molecule has 1 amide bonds. The van der Waals surface area contributed by atoms with E-state index >= 15 is 0 Å². The zero-order valence-corrected chi connectivity index (χ0v) is 21.0. The van der Waals surface area contributed by atoms with Crippen LogP contribution in [0, 0.1) is 0 Å². The van der Waals surface area contributed by atoms with Crippen molar-refractivity contribution in [1.29, 1.82) is 0 Å². The van der Waals surface area contributed by atoms with Gasteiger partial charge >= 0.3 is 5.97 Å². The monoisotopic (exact) mass is 532 g/mol. The SMILES string of the molecule is CCNC(=NCc1ccc(C(=O)N(C)C)cc1)NCCCCCCC(=O)OCC.I. The van der Waals surface area contributed by atoms with Gasteiger partial charge in [-0.2, -0.15) is 0 Å². The van der Waals surface area contributed by atoms with Crippen LogP contribution in [0.4, 0.5) is 0 Å². The molecule has 0 unspecified atom stereocenters. The molecule has 8 heteroatoms. The molecule has 0 aliphatic heterocycles. The molecule has 0 aliphatic carbocycles. The highest BCUT2D eigenvalue weighted by atomic mass is 127. The number of guanidine groups is 1. The molecule has 0 saturated carbocycles. The van der Waals surface area contributed by atoms with Crippen molar-refractivity contribution in [3.63, 3.8) is 0 Å². The minimum absolute atomic E-state index is 0. The largest absolute Gasteiger partial charge is 0.466 e. The van der Waals surface area contributed by atoms with Crippen LogP contribution in [0.5, 0.6) is 0 Å².